The van der Waals surface area contributed by atoms with Gasteiger partial charge in [-0.1, -0.05) is 12.1 Å². The molecule has 0 saturated heterocycles. The summed E-state index contributed by atoms with van der Waals surface area (Å²) in [4.78, 5) is 11.9. The predicted octanol–water partition coefficient (Wildman–Crippen LogP) is 2.26. The van der Waals surface area contributed by atoms with E-state index in [1.54, 1.807) is 7.11 Å². The lowest BCUT2D eigenvalue weighted by Crippen LogP contribution is -2.27. The number of methoxy groups -OCH3 is 1. The van der Waals surface area contributed by atoms with Crippen molar-refractivity contribution >= 4 is 5.91 Å². The van der Waals surface area contributed by atoms with Gasteiger partial charge in [0.15, 0.2) is 0 Å². The molecule has 2 rings (SSSR count). The number of carbonyl (C=O) groups is 1. The molecule has 1 heterocycles. The lowest BCUT2D eigenvalue weighted by Gasteiger charge is -2.07. The van der Waals surface area contributed by atoms with Gasteiger partial charge in [0, 0.05) is 18.8 Å². The Hall–Kier alpha value is -2.30. The second-order valence-electron chi connectivity index (χ2n) is 5.38. The van der Waals surface area contributed by atoms with Crippen LogP contribution in [0.25, 0.3) is 0 Å². The fraction of sp³-hybridized carbons (Fsp3) is 0.412. The number of nitrogens with zero attached hydrogens (tertiary/aromatic N) is 2. The van der Waals surface area contributed by atoms with Crippen molar-refractivity contribution in [1.82, 2.24) is 15.1 Å². The summed E-state index contributed by atoms with van der Waals surface area (Å²) < 4.78 is 7.13. The summed E-state index contributed by atoms with van der Waals surface area (Å²) in [6.45, 7) is 5.50. The van der Waals surface area contributed by atoms with Gasteiger partial charge in [0.2, 0.25) is 5.91 Å². The zero-order valence-electron chi connectivity index (χ0n) is 13.4. The molecule has 118 valence electrons. The molecule has 0 aliphatic carbocycles. The van der Waals surface area contributed by atoms with Gasteiger partial charge in [0.05, 0.1) is 19.2 Å². The summed E-state index contributed by atoms with van der Waals surface area (Å²) in [7, 11) is 1.62. The Morgan fingerprint density at radius 2 is 2.14 bits per heavy atom. The second-order valence-corrected chi connectivity index (χ2v) is 5.38. The summed E-state index contributed by atoms with van der Waals surface area (Å²) in [5.41, 5.74) is 3.13. The fourth-order valence-electron chi connectivity index (χ4n) is 2.39. The highest BCUT2D eigenvalue weighted by Crippen LogP contribution is 2.12. The van der Waals surface area contributed by atoms with Gasteiger partial charge in [-0.05, 0) is 44.0 Å². The number of nitrogens with one attached hydrogen (secondary N) is 1. The standard InChI is InChI=1S/C17H23N3O2/c1-13-10-14(2)20(19-13)9-5-8-18-17(21)12-15-6-4-7-16(11-15)22-3/h4,6-7,10-11H,5,8-9,12H2,1-3H3,(H,18,21). The van der Waals surface area contributed by atoms with Crippen LogP contribution in [0.5, 0.6) is 5.75 Å². The predicted molar refractivity (Wildman–Crippen MR) is 86.0 cm³/mol. The third kappa shape index (κ3) is 4.62. The van der Waals surface area contributed by atoms with Crippen molar-refractivity contribution in [3.05, 3.63) is 47.3 Å². The molecular weight excluding hydrogens is 278 g/mol. The minimum atomic E-state index is 0.0293. The van der Waals surface area contributed by atoms with Crippen LogP contribution in [0.4, 0.5) is 0 Å². The average Bonchev–Trinajstić information content (AvgIpc) is 2.82. The molecule has 0 spiro atoms. The number of rotatable bonds is 7. The van der Waals surface area contributed by atoms with Crippen LogP contribution in [0.2, 0.25) is 0 Å². The van der Waals surface area contributed by atoms with E-state index in [4.69, 9.17) is 4.74 Å². The van der Waals surface area contributed by atoms with Gasteiger partial charge in [0.25, 0.3) is 0 Å². The number of hydrogen-bond acceptors (Lipinski definition) is 3. The summed E-state index contributed by atoms with van der Waals surface area (Å²) >= 11 is 0. The van der Waals surface area contributed by atoms with Crippen LogP contribution in [0.1, 0.15) is 23.4 Å². The van der Waals surface area contributed by atoms with Gasteiger partial charge in [-0.2, -0.15) is 5.10 Å². The highest BCUT2D eigenvalue weighted by molar-refractivity contribution is 5.78. The molecule has 0 radical (unpaired) electrons. The van der Waals surface area contributed by atoms with E-state index < -0.39 is 0 Å². The number of carbonyl (C=O) groups excluding carboxylic acids is 1. The zero-order chi connectivity index (χ0) is 15.9. The summed E-state index contributed by atoms with van der Waals surface area (Å²) in [6.07, 6.45) is 1.24. The third-order valence-electron chi connectivity index (χ3n) is 3.47. The molecule has 0 fully saturated rings. The molecule has 5 heteroatoms. The van der Waals surface area contributed by atoms with Crippen molar-refractivity contribution in [2.45, 2.75) is 33.2 Å². The minimum absolute atomic E-state index is 0.0293. The second kappa shape index (κ2) is 7.64. The number of aromatic nitrogens is 2. The molecular formula is C17H23N3O2. The Kier molecular flexibility index (Phi) is 5.58. The molecule has 1 aromatic heterocycles. The highest BCUT2D eigenvalue weighted by atomic mass is 16.5. The fourth-order valence-corrected chi connectivity index (χ4v) is 2.39. The molecule has 0 bridgehead atoms. The lowest BCUT2D eigenvalue weighted by molar-refractivity contribution is -0.120. The summed E-state index contributed by atoms with van der Waals surface area (Å²) in [6, 6.07) is 9.63. The first-order chi connectivity index (χ1) is 10.6. The van der Waals surface area contributed by atoms with E-state index in [2.05, 4.69) is 16.5 Å². The maximum absolute atomic E-state index is 11.9. The van der Waals surface area contributed by atoms with E-state index in [0.717, 1.165) is 35.7 Å². The van der Waals surface area contributed by atoms with Crippen molar-refractivity contribution in [3.63, 3.8) is 0 Å². The molecule has 0 atom stereocenters. The summed E-state index contributed by atoms with van der Waals surface area (Å²) in [5.74, 6) is 0.802. The van der Waals surface area contributed by atoms with Gasteiger partial charge in [-0.15, -0.1) is 0 Å². The van der Waals surface area contributed by atoms with E-state index in [9.17, 15) is 4.79 Å². The number of benzene rings is 1. The quantitative estimate of drug-likeness (QED) is 0.798. The van der Waals surface area contributed by atoms with Crippen LogP contribution in [0.3, 0.4) is 0 Å². The molecule has 0 unspecified atom stereocenters. The Labute approximate surface area is 131 Å². The Morgan fingerprint density at radius 3 is 2.82 bits per heavy atom. The van der Waals surface area contributed by atoms with Crippen molar-refractivity contribution < 1.29 is 9.53 Å². The lowest BCUT2D eigenvalue weighted by atomic mass is 10.1. The van der Waals surface area contributed by atoms with E-state index in [1.165, 1.54) is 0 Å². The number of hydrogen-bond donors (Lipinski definition) is 1. The number of ether oxygens (including phenoxy) is 1. The van der Waals surface area contributed by atoms with Crippen molar-refractivity contribution in [2.75, 3.05) is 13.7 Å². The first-order valence-corrected chi connectivity index (χ1v) is 7.49. The Balaban J connectivity index is 1.72. The molecule has 1 amide bonds. The third-order valence-corrected chi connectivity index (χ3v) is 3.47. The van der Waals surface area contributed by atoms with Crippen LogP contribution >= 0.6 is 0 Å². The van der Waals surface area contributed by atoms with Crippen molar-refractivity contribution in [2.24, 2.45) is 0 Å². The first kappa shape index (κ1) is 16.1. The molecule has 2 aromatic rings. The van der Waals surface area contributed by atoms with Gasteiger partial charge >= 0.3 is 0 Å². The van der Waals surface area contributed by atoms with Gasteiger partial charge < -0.3 is 10.1 Å². The molecule has 1 N–H and O–H groups in total. The van der Waals surface area contributed by atoms with Crippen LogP contribution < -0.4 is 10.1 Å². The zero-order valence-corrected chi connectivity index (χ0v) is 13.4. The topological polar surface area (TPSA) is 56.1 Å². The van der Waals surface area contributed by atoms with Gasteiger partial charge in [-0.25, -0.2) is 0 Å². The molecule has 22 heavy (non-hydrogen) atoms. The molecule has 0 aliphatic heterocycles. The van der Waals surface area contributed by atoms with Crippen LogP contribution in [0.15, 0.2) is 30.3 Å². The van der Waals surface area contributed by atoms with Crippen LogP contribution in [0, 0.1) is 13.8 Å². The first-order valence-electron chi connectivity index (χ1n) is 7.49. The highest BCUT2D eigenvalue weighted by Gasteiger charge is 2.05. The van der Waals surface area contributed by atoms with E-state index >= 15 is 0 Å². The Bertz CT molecular complexity index is 635. The SMILES string of the molecule is COc1cccc(CC(=O)NCCCn2nc(C)cc2C)c1. The smallest absolute Gasteiger partial charge is 0.224 e. The minimum Gasteiger partial charge on any atom is -0.497 e. The molecule has 0 saturated carbocycles. The van der Waals surface area contributed by atoms with E-state index in [1.807, 2.05) is 42.8 Å². The largest absolute Gasteiger partial charge is 0.497 e. The Morgan fingerprint density at radius 1 is 1.32 bits per heavy atom. The maximum atomic E-state index is 11.9. The number of amides is 1. The summed E-state index contributed by atoms with van der Waals surface area (Å²) in [5, 5.41) is 7.35. The van der Waals surface area contributed by atoms with E-state index in [0.29, 0.717) is 13.0 Å². The molecule has 5 nitrogen and oxygen atoms in total. The van der Waals surface area contributed by atoms with Gasteiger partial charge in [-0.3, -0.25) is 9.48 Å². The van der Waals surface area contributed by atoms with Crippen LogP contribution in [-0.4, -0.2) is 29.3 Å². The molecule has 0 aliphatic rings. The van der Waals surface area contributed by atoms with Crippen LogP contribution in [-0.2, 0) is 17.8 Å². The average molecular weight is 301 g/mol. The van der Waals surface area contributed by atoms with Gasteiger partial charge in [0.1, 0.15) is 5.75 Å². The monoisotopic (exact) mass is 301 g/mol. The van der Waals surface area contributed by atoms with E-state index in [-0.39, 0.29) is 5.91 Å². The maximum Gasteiger partial charge on any atom is 0.224 e. The molecule has 1 aromatic carbocycles. The van der Waals surface area contributed by atoms with Crippen molar-refractivity contribution in [1.29, 1.82) is 0 Å². The number of aryl methyl sites for hydroxylation is 3. The van der Waals surface area contributed by atoms with Crippen molar-refractivity contribution in [3.8, 4) is 5.75 Å². The normalized spacial score (nSPS) is 10.5.